The minimum Gasteiger partial charge on any atom is -0.381 e. The van der Waals surface area contributed by atoms with E-state index < -0.39 is 0 Å². The summed E-state index contributed by atoms with van der Waals surface area (Å²) in [6.07, 6.45) is 8.94. The second kappa shape index (κ2) is 5.13. The van der Waals surface area contributed by atoms with Crippen molar-refractivity contribution in [3.05, 3.63) is 0 Å². The molecule has 0 spiro atoms. The zero-order valence-corrected chi connectivity index (χ0v) is 9.30. The normalized spacial score (nSPS) is 35.8. The minimum absolute atomic E-state index is 0.527. The van der Waals surface area contributed by atoms with E-state index in [-0.39, 0.29) is 0 Å². The average Bonchev–Trinajstić information content (AvgIpc) is 2.30. The lowest BCUT2D eigenvalue weighted by atomic mass is 9.75. The van der Waals surface area contributed by atoms with Gasteiger partial charge < -0.3 is 10.1 Å². The van der Waals surface area contributed by atoms with Gasteiger partial charge in [-0.05, 0) is 18.9 Å². The van der Waals surface area contributed by atoms with Crippen LogP contribution in [0.5, 0.6) is 0 Å². The van der Waals surface area contributed by atoms with Crippen LogP contribution in [-0.4, -0.2) is 26.3 Å². The quantitative estimate of drug-likeness (QED) is 0.732. The molecule has 0 bridgehead atoms. The second-order valence-corrected chi connectivity index (χ2v) is 4.83. The summed E-state index contributed by atoms with van der Waals surface area (Å²) in [6, 6.07) is 0. The molecular weight excluding hydrogens is 174 g/mol. The molecule has 2 unspecified atom stereocenters. The molecule has 0 aromatic rings. The number of hydrogen-bond donors (Lipinski definition) is 1. The molecule has 1 saturated carbocycles. The van der Waals surface area contributed by atoms with Gasteiger partial charge in [0, 0.05) is 19.6 Å². The van der Waals surface area contributed by atoms with Crippen LogP contribution >= 0.6 is 0 Å². The van der Waals surface area contributed by atoms with Crippen molar-refractivity contribution in [2.45, 2.75) is 44.6 Å². The van der Waals surface area contributed by atoms with Crippen molar-refractivity contribution < 1.29 is 4.74 Å². The molecule has 2 fully saturated rings. The highest BCUT2D eigenvalue weighted by Crippen LogP contribution is 2.34. The van der Waals surface area contributed by atoms with E-state index in [0.29, 0.717) is 6.10 Å². The molecule has 2 rings (SSSR count). The molecule has 1 aliphatic heterocycles. The summed E-state index contributed by atoms with van der Waals surface area (Å²) in [6.45, 7) is 2.32. The number of ether oxygens (including phenoxy) is 1. The van der Waals surface area contributed by atoms with Gasteiger partial charge in [0.25, 0.3) is 0 Å². The van der Waals surface area contributed by atoms with Crippen LogP contribution in [0.4, 0.5) is 0 Å². The fourth-order valence-electron chi connectivity index (χ4n) is 3.18. The van der Waals surface area contributed by atoms with Gasteiger partial charge in [0.15, 0.2) is 0 Å². The van der Waals surface area contributed by atoms with Gasteiger partial charge in [0.05, 0.1) is 6.10 Å². The van der Waals surface area contributed by atoms with Crippen molar-refractivity contribution >= 4 is 0 Å². The Balaban J connectivity index is 1.91. The van der Waals surface area contributed by atoms with Gasteiger partial charge in [-0.3, -0.25) is 0 Å². The fraction of sp³-hybridized carbons (Fsp3) is 1.00. The van der Waals surface area contributed by atoms with E-state index >= 15 is 0 Å². The molecule has 2 heteroatoms. The molecule has 1 N–H and O–H groups in total. The highest BCUT2D eigenvalue weighted by molar-refractivity contribution is 4.85. The standard InChI is InChI=1S/C12H23NO/c1-14-12-7-8-13-9-11(12)10-5-3-2-4-6-10/h10-13H,2-9H2,1H3. The summed E-state index contributed by atoms with van der Waals surface area (Å²) < 4.78 is 5.62. The first kappa shape index (κ1) is 10.4. The molecule has 2 nitrogen and oxygen atoms in total. The monoisotopic (exact) mass is 197 g/mol. The Kier molecular flexibility index (Phi) is 3.82. The molecule has 0 aromatic heterocycles. The lowest BCUT2D eigenvalue weighted by molar-refractivity contribution is -0.00126. The molecule has 1 aliphatic carbocycles. The molecular formula is C12H23NO. The van der Waals surface area contributed by atoms with Gasteiger partial charge in [-0.15, -0.1) is 0 Å². The molecule has 0 amide bonds. The Morgan fingerprint density at radius 2 is 1.86 bits per heavy atom. The first-order chi connectivity index (χ1) is 6.92. The van der Waals surface area contributed by atoms with Crippen LogP contribution in [0.2, 0.25) is 0 Å². The van der Waals surface area contributed by atoms with Gasteiger partial charge in [0.2, 0.25) is 0 Å². The van der Waals surface area contributed by atoms with Crippen molar-refractivity contribution in [3.8, 4) is 0 Å². The lowest BCUT2D eigenvalue weighted by Gasteiger charge is -2.38. The van der Waals surface area contributed by atoms with Crippen molar-refractivity contribution in [2.24, 2.45) is 11.8 Å². The highest BCUT2D eigenvalue weighted by Gasteiger charge is 2.32. The van der Waals surface area contributed by atoms with Crippen molar-refractivity contribution in [3.63, 3.8) is 0 Å². The lowest BCUT2D eigenvalue weighted by Crippen LogP contribution is -2.44. The largest absolute Gasteiger partial charge is 0.381 e. The van der Waals surface area contributed by atoms with Crippen LogP contribution in [0, 0.1) is 11.8 Å². The van der Waals surface area contributed by atoms with E-state index in [9.17, 15) is 0 Å². The molecule has 82 valence electrons. The molecule has 2 atom stereocenters. The topological polar surface area (TPSA) is 21.3 Å². The maximum absolute atomic E-state index is 5.62. The summed E-state index contributed by atoms with van der Waals surface area (Å²) in [7, 11) is 1.88. The number of methoxy groups -OCH3 is 1. The van der Waals surface area contributed by atoms with Crippen LogP contribution in [0.15, 0.2) is 0 Å². The maximum Gasteiger partial charge on any atom is 0.0626 e. The zero-order valence-electron chi connectivity index (χ0n) is 9.30. The third kappa shape index (κ3) is 2.29. The summed E-state index contributed by atoms with van der Waals surface area (Å²) >= 11 is 0. The first-order valence-corrected chi connectivity index (χ1v) is 6.15. The summed E-state index contributed by atoms with van der Waals surface area (Å²) in [5, 5.41) is 3.52. The summed E-state index contributed by atoms with van der Waals surface area (Å²) in [5.41, 5.74) is 0. The average molecular weight is 197 g/mol. The molecule has 1 saturated heterocycles. The van der Waals surface area contributed by atoms with E-state index in [4.69, 9.17) is 4.74 Å². The van der Waals surface area contributed by atoms with Crippen LogP contribution in [-0.2, 0) is 4.74 Å². The number of hydrogen-bond acceptors (Lipinski definition) is 2. The molecule has 14 heavy (non-hydrogen) atoms. The molecule has 2 aliphatic rings. The highest BCUT2D eigenvalue weighted by atomic mass is 16.5. The van der Waals surface area contributed by atoms with E-state index in [1.165, 1.54) is 45.1 Å². The second-order valence-electron chi connectivity index (χ2n) is 4.83. The fourth-order valence-corrected chi connectivity index (χ4v) is 3.18. The predicted octanol–water partition coefficient (Wildman–Crippen LogP) is 2.19. The van der Waals surface area contributed by atoms with Gasteiger partial charge in [0.1, 0.15) is 0 Å². The van der Waals surface area contributed by atoms with E-state index in [1.807, 2.05) is 7.11 Å². The van der Waals surface area contributed by atoms with Gasteiger partial charge in [-0.2, -0.15) is 0 Å². The number of rotatable bonds is 2. The molecule has 0 aromatic carbocycles. The van der Waals surface area contributed by atoms with E-state index in [1.54, 1.807) is 0 Å². The summed E-state index contributed by atoms with van der Waals surface area (Å²) in [4.78, 5) is 0. The minimum atomic E-state index is 0.527. The van der Waals surface area contributed by atoms with Crippen LogP contribution in [0.25, 0.3) is 0 Å². The number of piperidine rings is 1. The van der Waals surface area contributed by atoms with E-state index in [0.717, 1.165) is 18.4 Å². The third-order valence-electron chi connectivity index (χ3n) is 4.02. The van der Waals surface area contributed by atoms with Crippen LogP contribution in [0.1, 0.15) is 38.5 Å². The SMILES string of the molecule is COC1CCNCC1C1CCCCC1. The van der Waals surface area contributed by atoms with Crippen molar-refractivity contribution in [1.82, 2.24) is 5.32 Å². The van der Waals surface area contributed by atoms with Crippen LogP contribution in [0.3, 0.4) is 0 Å². The third-order valence-corrected chi connectivity index (χ3v) is 4.02. The first-order valence-electron chi connectivity index (χ1n) is 6.15. The Labute approximate surface area is 87.4 Å². The number of nitrogens with one attached hydrogen (secondary N) is 1. The summed E-state index contributed by atoms with van der Waals surface area (Å²) in [5.74, 6) is 1.72. The smallest absolute Gasteiger partial charge is 0.0626 e. The Hall–Kier alpha value is -0.0800. The van der Waals surface area contributed by atoms with Crippen LogP contribution < -0.4 is 5.32 Å². The zero-order chi connectivity index (χ0) is 9.80. The molecule has 1 heterocycles. The van der Waals surface area contributed by atoms with Gasteiger partial charge in [-0.1, -0.05) is 32.1 Å². The Morgan fingerprint density at radius 3 is 2.57 bits per heavy atom. The Bertz CT molecular complexity index is 166. The van der Waals surface area contributed by atoms with E-state index in [2.05, 4.69) is 5.32 Å². The maximum atomic E-state index is 5.62. The Morgan fingerprint density at radius 1 is 1.07 bits per heavy atom. The van der Waals surface area contributed by atoms with Crippen molar-refractivity contribution in [2.75, 3.05) is 20.2 Å². The van der Waals surface area contributed by atoms with Gasteiger partial charge >= 0.3 is 0 Å². The molecule has 0 radical (unpaired) electrons. The van der Waals surface area contributed by atoms with Gasteiger partial charge in [-0.25, -0.2) is 0 Å². The predicted molar refractivity (Wildman–Crippen MR) is 58.3 cm³/mol. The van der Waals surface area contributed by atoms with Crippen molar-refractivity contribution in [1.29, 1.82) is 0 Å².